The number of nitriles is 1. The first kappa shape index (κ1) is 12.4. The van der Waals surface area contributed by atoms with Crippen molar-refractivity contribution < 1.29 is 9.90 Å². The molecular formula is C14H16N2O2. The van der Waals surface area contributed by atoms with E-state index in [4.69, 9.17) is 5.26 Å². The van der Waals surface area contributed by atoms with E-state index in [9.17, 15) is 9.90 Å². The van der Waals surface area contributed by atoms with Crippen LogP contribution in [0.25, 0.3) is 0 Å². The van der Waals surface area contributed by atoms with Crippen LogP contribution in [-0.4, -0.2) is 16.6 Å². The van der Waals surface area contributed by atoms with Gasteiger partial charge in [0.05, 0.1) is 11.6 Å². The quantitative estimate of drug-likeness (QED) is 0.857. The molecular weight excluding hydrogens is 228 g/mol. The van der Waals surface area contributed by atoms with Gasteiger partial charge >= 0.3 is 5.97 Å². The van der Waals surface area contributed by atoms with Crippen molar-refractivity contribution in [3.8, 4) is 6.07 Å². The summed E-state index contributed by atoms with van der Waals surface area (Å²) in [5.41, 5.74) is 0.499. The maximum Gasteiger partial charge on any atom is 0.329 e. The standard InChI is InChI=1S/C14H16N2O2/c15-10-11-4-6-12(7-5-11)16-14(13(17)18)8-2-1-3-9-14/h4-7,16H,1-3,8-9H2,(H,17,18). The molecule has 0 bridgehead atoms. The van der Waals surface area contributed by atoms with Crippen molar-refractivity contribution in [3.63, 3.8) is 0 Å². The first-order valence-corrected chi connectivity index (χ1v) is 6.18. The van der Waals surface area contributed by atoms with E-state index in [1.807, 2.05) is 6.07 Å². The molecule has 4 nitrogen and oxygen atoms in total. The summed E-state index contributed by atoms with van der Waals surface area (Å²) in [6.45, 7) is 0. The summed E-state index contributed by atoms with van der Waals surface area (Å²) in [5.74, 6) is -0.786. The van der Waals surface area contributed by atoms with Crippen LogP contribution in [0.15, 0.2) is 24.3 Å². The summed E-state index contributed by atoms with van der Waals surface area (Å²) in [7, 11) is 0. The van der Waals surface area contributed by atoms with E-state index in [1.165, 1.54) is 0 Å². The molecule has 0 aromatic heterocycles. The number of benzene rings is 1. The van der Waals surface area contributed by atoms with E-state index in [2.05, 4.69) is 5.32 Å². The SMILES string of the molecule is N#Cc1ccc(NC2(C(=O)O)CCCCC2)cc1. The van der Waals surface area contributed by atoms with Crippen molar-refractivity contribution >= 4 is 11.7 Å². The number of hydrogen-bond donors (Lipinski definition) is 2. The van der Waals surface area contributed by atoms with E-state index >= 15 is 0 Å². The Morgan fingerprint density at radius 3 is 2.33 bits per heavy atom. The van der Waals surface area contributed by atoms with Crippen LogP contribution in [0.4, 0.5) is 5.69 Å². The van der Waals surface area contributed by atoms with Gasteiger partial charge in [-0.05, 0) is 37.1 Å². The summed E-state index contributed by atoms with van der Waals surface area (Å²) in [6.07, 6.45) is 4.29. The molecule has 1 aromatic carbocycles. The number of rotatable bonds is 3. The normalized spacial score (nSPS) is 17.7. The van der Waals surface area contributed by atoms with Crippen molar-refractivity contribution in [2.24, 2.45) is 0 Å². The lowest BCUT2D eigenvalue weighted by atomic mass is 9.81. The third kappa shape index (κ3) is 2.45. The second-order valence-corrected chi connectivity index (χ2v) is 4.76. The highest BCUT2D eigenvalue weighted by atomic mass is 16.4. The van der Waals surface area contributed by atoms with E-state index in [0.717, 1.165) is 24.9 Å². The van der Waals surface area contributed by atoms with Gasteiger partial charge in [0, 0.05) is 5.69 Å². The van der Waals surface area contributed by atoms with Crippen LogP contribution >= 0.6 is 0 Å². The predicted molar refractivity (Wildman–Crippen MR) is 68.2 cm³/mol. The molecule has 0 amide bonds. The van der Waals surface area contributed by atoms with Gasteiger partial charge in [-0.1, -0.05) is 19.3 Å². The van der Waals surface area contributed by atoms with Gasteiger partial charge in [0.15, 0.2) is 0 Å². The first-order valence-electron chi connectivity index (χ1n) is 6.18. The molecule has 1 fully saturated rings. The Morgan fingerprint density at radius 1 is 1.22 bits per heavy atom. The van der Waals surface area contributed by atoms with Gasteiger partial charge in [-0.2, -0.15) is 5.26 Å². The van der Waals surface area contributed by atoms with Gasteiger partial charge in [0.2, 0.25) is 0 Å². The molecule has 2 N–H and O–H groups in total. The zero-order chi connectivity index (χ0) is 13.0. The Kier molecular flexibility index (Phi) is 3.52. The molecule has 0 unspecified atom stereocenters. The number of aliphatic carboxylic acids is 1. The average Bonchev–Trinajstić information content (AvgIpc) is 2.40. The summed E-state index contributed by atoms with van der Waals surface area (Å²) in [4.78, 5) is 11.5. The maximum absolute atomic E-state index is 11.5. The molecule has 0 spiro atoms. The van der Waals surface area contributed by atoms with E-state index in [1.54, 1.807) is 24.3 Å². The lowest BCUT2D eigenvalue weighted by Crippen LogP contribution is -2.47. The van der Waals surface area contributed by atoms with Crippen LogP contribution in [0.1, 0.15) is 37.7 Å². The van der Waals surface area contributed by atoms with Crippen LogP contribution in [-0.2, 0) is 4.79 Å². The molecule has 94 valence electrons. The Hall–Kier alpha value is -2.02. The number of nitrogens with zero attached hydrogens (tertiary/aromatic N) is 1. The highest BCUT2D eigenvalue weighted by Gasteiger charge is 2.39. The van der Waals surface area contributed by atoms with Gasteiger partial charge < -0.3 is 10.4 Å². The first-order chi connectivity index (χ1) is 8.66. The van der Waals surface area contributed by atoms with Crippen LogP contribution < -0.4 is 5.32 Å². The minimum atomic E-state index is -0.841. The molecule has 0 atom stereocenters. The van der Waals surface area contributed by atoms with Crippen LogP contribution in [0.5, 0.6) is 0 Å². The van der Waals surface area contributed by atoms with Crippen molar-refractivity contribution in [1.82, 2.24) is 0 Å². The average molecular weight is 244 g/mol. The molecule has 0 radical (unpaired) electrons. The van der Waals surface area contributed by atoms with Crippen molar-refractivity contribution in [1.29, 1.82) is 5.26 Å². The lowest BCUT2D eigenvalue weighted by molar-refractivity contribution is -0.143. The molecule has 1 saturated carbocycles. The summed E-state index contributed by atoms with van der Waals surface area (Å²) in [5, 5.41) is 21.3. The Labute approximate surface area is 106 Å². The van der Waals surface area contributed by atoms with Gasteiger partial charge in [-0.15, -0.1) is 0 Å². The van der Waals surface area contributed by atoms with Gasteiger partial charge in [-0.3, -0.25) is 0 Å². The van der Waals surface area contributed by atoms with E-state index < -0.39 is 11.5 Å². The predicted octanol–water partition coefficient (Wildman–Crippen LogP) is 2.76. The van der Waals surface area contributed by atoms with Crippen molar-refractivity contribution in [2.45, 2.75) is 37.6 Å². The third-order valence-electron chi connectivity index (χ3n) is 3.51. The minimum absolute atomic E-state index is 0.577. The number of carboxylic acids is 1. The highest BCUT2D eigenvalue weighted by Crippen LogP contribution is 2.32. The molecule has 1 aliphatic rings. The largest absolute Gasteiger partial charge is 0.480 e. The Bertz CT molecular complexity index is 468. The van der Waals surface area contributed by atoms with Crippen LogP contribution in [0, 0.1) is 11.3 Å². The number of anilines is 1. The monoisotopic (exact) mass is 244 g/mol. The second kappa shape index (κ2) is 5.09. The fraction of sp³-hybridized carbons (Fsp3) is 0.429. The zero-order valence-electron chi connectivity index (χ0n) is 10.1. The topological polar surface area (TPSA) is 73.1 Å². The van der Waals surface area contributed by atoms with Crippen molar-refractivity contribution in [3.05, 3.63) is 29.8 Å². The van der Waals surface area contributed by atoms with Gasteiger partial charge in [0.25, 0.3) is 0 Å². The fourth-order valence-corrected chi connectivity index (χ4v) is 2.45. The molecule has 0 aliphatic heterocycles. The maximum atomic E-state index is 11.5. The minimum Gasteiger partial charge on any atom is -0.480 e. The number of carboxylic acid groups (broad SMARTS) is 1. The molecule has 18 heavy (non-hydrogen) atoms. The Morgan fingerprint density at radius 2 is 1.83 bits per heavy atom. The lowest BCUT2D eigenvalue weighted by Gasteiger charge is -2.34. The third-order valence-corrected chi connectivity index (χ3v) is 3.51. The van der Waals surface area contributed by atoms with E-state index in [0.29, 0.717) is 18.4 Å². The highest BCUT2D eigenvalue weighted by molar-refractivity contribution is 5.83. The number of nitrogens with one attached hydrogen (secondary N) is 1. The van der Waals surface area contributed by atoms with Gasteiger partial charge in [0.1, 0.15) is 5.54 Å². The molecule has 1 aliphatic carbocycles. The summed E-state index contributed by atoms with van der Waals surface area (Å²) >= 11 is 0. The molecule has 0 heterocycles. The number of carbonyl (C=O) groups is 1. The van der Waals surface area contributed by atoms with Crippen LogP contribution in [0.2, 0.25) is 0 Å². The smallest absolute Gasteiger partial charge is 0.329 e. The molecule has 0 saturated heterocycles. The zero-order valence-corrected chi connectivity index (χ0v) is 10.1. The fourth-order valence-electron chi connectivity index (χ4n) is 2.45. The van der Waals surface area contributed by atoms with Crippen molar-refractivity contribution in [2.75, 3.05) is 5.32 Å². The van der Waals surface area contributed by atoms with E-state index in [-0.39, 0.29) is 0 Å². The van der Waals surface area contributed by atoms with Crippen LogP contribution in [0.3, 0.4) is 0 Å². The molecule has 1 aromatic rings. The molecule has 4 heteroatoms. The Balaban J connectivity index is 2.18. The van der Waals surface area contributed by atoms with Gasteiger partial charge in [-0.25, -0.2) is 4.79 Å². The summed E-state index contributed by atoms with van der Waals surface area (Å²) < 4.78 is 0. The number of hydrogen-bond acceptors (Lipinski definition) is 3. The molecule has 2 rings (SSSR count). The second-order valence-electron chi connectivity index (χ2n) is 4.76. The summed E-state index contributed by atoms with van der Waals surface area (Å²) in [6, 6.07) is 8.96.